The van der Waals surface area contributed by atoms with Crippen LogP contribution < -0.4 is 4.72 Å². The SMILES string of the molecule is O=C(CNS(=O)(=O)c1cccs1)N1CCC(Cc2ccccc2)CC1. The number of hydrogen-bond acceptors (Lipinski definition) is 4. The predicted molar refractivity (Wildman–Crippen MR) is 99.0 cm³/mol. The van der Waals surface area contributed by atoms with Gasteiger partial charge in [0.25, 0.3) is 10.0 Å². The average molecular weight is 379 g/mol. The molecule has 1 saturated heterocycles. The van der Waals surface area contributed by atoms with Crippen molar-refractivity contribution in [2.45, 2.75) is 23.5 Å². The van der Waals surface area contributed by atoms with Crippen LogP contribution in [0.3, 0.4) is 0 Å². The fraction of sp³-hybridized carbons (Fsp3) is 0.389. The maximum absolute atomic E-state index is 12.3. The fourth-order valence-electron chi connectivity index (χ4n) is 3.09. The number of benzene rings is 1. The minimum Gasteiger partial charge on any atom is -0.342 e. The molecular formula is C18H22N2O3S2. The molecule has 0 spiro atoms. The first-order chi connectivity index (χ1) is 12.0. The second kappa shape index (κ2) is 8.12. The molecule has 0 atom stereocenters. The minimum atomic E-state index is -3.58. The molecule has 1 fully saturated rings. The molecule has 25 heavy (non-hydrogen) atoms. The van der Waals surface area contributed by atoms with E-state index in [2.05, 4.69) is 16.9 Å². The zero-order valence-corrected chi connectivity index (χ0v) is 15.6. The highest BCUT2D eigenvalue weighted by molar-refractivity contribution is 7.91. The topological polar surface area (TPSA) is 66.5 Å². The highest BCUT2D eigenvalue weighted by Crippen LogP contribution is 2.22. The van der Waals surface area contributed by atoms with Crippen LogP contribution in [0.4, 0.5) is 0 Å². The summed E-state index contributed by atoms with van der Waals surface area (Å²) in [5.41, 5.74) is 1.33. The number of nitrogens with zero attached hydrogens (tertiary/aromatic N) is 1. The number of carbonyl (C=O) groups excluding carboxylic acids is 1. The second-order valence-electron chi connectivity index (χ2n) is 6.27. The van der Waals surface area contributed by atoms with Gasteiger partial charge in [-0.1, -0.05) is 36.4 Å². The van der Waals surface area contributed by atoms with Crippen LogP contribution in [0.2, 0.25) is 0 Å². The summed E-state index contributed by atoms with van der Waals surface area (Å²) in [5.74, 6) is 0.424. The monoisotopic (exact) mass is 378 g/mol. The molecule has 0 saturated carbocycles. The number of rotatable bonds is 6. The lowest BCUT2D eigenvalue weighted by Crippen LogP contribution is -2.44. The molecule has 1 N–H and O–H groups in total. The molecule has 3 rings (SSSR count). The maximum Gasteiger partial charge on any atom is 0.250 e. The van der Waals surface area contributed by atoms with E-state index >= 15 is 0 Å². The number of amides is 1. The van der Waals surface area contributed by atoms with Crippen molar-refractivity contribution in [3.8, 4) is 0 Å². The van der Waals surface area contributed by atoms with Crippen molar-refractivity contribution in [2.75, 3.05) is 19.6 Å². The van der Waals surface area contributed by atoms with Gasteiger partial charge in [0.1, 0.15) is 4.21 Å². The van der Waals surface area contributed by atoms with E-state index in [0.717, 1.165) is 30.6 Å². The lowest BCUT2D eigenvalue weighted by Gasteiger charge is -2.32. The summed E-state index contributed by atoms with van der Waals surface area (Å²) >= 11 is 1.14. The largest absolute Gasteiger partial charge is 0.342 e. The molecule has 0 radical (unpaired) electrons. The summed E-state index contributed by atoms with van der Waals surface area (Å²) in [4.78, 5) is 14.0. The lowest BCUT2D eigenvalue weighted by atomic mass is 9.90. The molecule has 5 nitrogen and oxygen atoms in total. The Balaban J connectivity index is 1.45. The molecule has 1 aliphatic rings. The summed E-state index contributed by atoms with van der Waals surface area (Å²) in [6.45, 7) is 1.21. The zero-order chi connectivity index (χ0) is 17.7. The molecule has 0 aliphatic carbocycles. The Morgan fingerprint density at radius 2 is 1.84 bits per heavy atom. The van der Waals surface area contributed by atoms with Crippen molar-refractivity contribution in [3.63, 3.8) is 0 Å². The molecule has 2 heterocycles. The van der Waals surface area contributed by atoms with Crippen LogP contribution in [-0.2, 0) is 21.2 Å². The molecule has 1 aliphatic heterocycles. The van der Waals surface area contributed by atoms with E-state index in [-0.39, 0.29) is 16.7 Å². The molecule has 1 amide bonds. The van der Waals surface area contributed by atoms with Crippen molar-refractivity contribution in [1.29, 1.82) is 0 Å². The van der Waals surface area contributed by atoms with E-state index in [1.165, 1.54) is 11.6 Å². The van der Waals surface area contributed by atoms with Crippen molar-refractivity contribution < 1.29 is 13.2 Å². The van der Waals surface area contributed by atoms with Crippen LogP contribution in [-0.4, -0.2) is 38.9 Å². The summed E-state index contributed by atoms with van der Waals surface area (Å²) in [7, 11) is -3.58. The number of hydrogen-bond donors (Lipinski definition) is 1. The number of thiophene rings is 1. The van der Waals surface area contributed by atoms with E-state index in [1.54, 1.807) is 16.3 Å². The van der Waals surface area contributed by atoms with Crippen LogP contribution in [0.5, 0.6) is 0 Å². The van der Waals surface area contributed by atoms with Gasteiger partial charge in [-0.3, -0.25) is 4.79 Å². The van der Waals surface area contributed by atoms with Gasteiger partial charge >= 0.3 is 0 Å². The predicted octanol–water partition coefficient (Wildman–Crippen LogP) is 2.51. The Labute approximate surface area is 152 Å². The number of sulfonamides is 1. The molecule has 2 aromatic rings. The summed E-state index contributed by atoms with van der Waals surface area (Å²) in [6, 6.07) is 13.6. The third kappa shape index (κ3) is 4.90. The van der Waals surface area contributed by atoms with Gasteiger partial charge < -0.3 is 4.90 Å². The summed E-state index contributed by atoms with van der Waals surface area (Å²) in [6.07, 6.45) is 2.95. The van der Waals surface area contributed by atoms with Crippen LogP contribution in [0.25, 0.3) is 0 Å². The highest BCUT2D eigenvalue weighted by Gasteiger charge is 2.24. The first-order valence-corrected chi connectivity index (χ1v) is 10.8. The van der Waals surface area contributed by atoms with Gasteiger partial charge in [-0.25, -0.2) is 13.1 Å². The average Bonchev–Trinajstić information content (AvgIpc) is 3.17. The molecular weight excluding hydrogens is 356 g/mol. The van der Waals surface area contributed by atoms with Crippen molar-refractivity contribution in [3.05, 3.63) is 53.4 Å². The van der Waals surface area contributed by atoms with E-state index < -0.39 is 10.0 Å². The van der Waals surface area contributed by atoms with Gasteiger partial charge in [0.05, 0.1) is 6.54 Å². The zero-order valence-electron chi connectivity index (χ0n) is 13.9. The normalized spacial score (nSPS) is 16.1. The molecule has 134 valence electrons. The van der Waals surface area contributed by atoms with Crippen LogP contribution in [0.1, 0.15) is 18.4 Å². The minimum absolute atomic E-state index is 0.154. The van der Waals surface area contributed by atoms with Crippen molar-refractivity contribution in [2.24, 2.45) is 5.92 Å². The Kier molecular flexibility index (Phi) is 5.88. The van der Waals surface area contributed by atoms with Gasteiger partial charge in [0.15, 0.2) is 0 Å². The lowest BCUT2D eigenvalue weighted by molar-refractivity contribution is -0.131. The summed E-state index contributed by atoms with van der Waals surface area (Å²) in [5, 5.41) is 1.70. The van der Waals surface area contributed by atoms with E-state index in [9.17, 15) is 13.2 Å². The van der Waals surface area contributed by atoms with E-state index in [0.29, 0.717) is 19.0 Å². The van der Waals surface area contributed by atoms with Gasteiger partial charge in [0.2, 0.25) is 5.91 Å². The summed E-state index contributed by atoms with van der Waals surface area (Å²) < 4.78 is 26.8. The van der Waals surface area contributed by atoms with Crippen molar-refractivity contribution >= 4 is 27.3 Å². The first-order valence-electron chi connectivity index (χ1n) is 8.39. The number of carbonyl (C=O) groups is 1. The maximum atomic E-state index is 12.3. The third-order valence-corrected chi connectivity index (χ3v) is 7.31. The van der Waals surface area contributed by atoms with Gasteiger partial charge in [-0.2, -0.15) is 0 Å². The van der Waals surface area contributed by atoms with Gasteiger partial charge in [0, 0.05) is 13.1 Å². The Morgan fingerprint density at radius 3 is 2.48 bits per heavy atom. The van der Waals surface area contributed by atoms with Crippen LogP contribution >= 0.6 is 11.3 Å². The molecule has 0 bridgehead atoms. The Hall–Kier alpha value is -1.70. The van der Waals surface area contributed by atoms with Gasteiger partial charge in [-0.15, -0.1) is 11.3 Å². The Bertz CT molecular complexity index is 781. The van der Waals surface area contributed by atoms with E-state index in [1.807, 2.05) is 18.2 Å². The standard InChI is InChI=1S/C18H22N2O3S2/c21-17(14-19-25(22,23)18-7-4-12-24-18)20-10-8-16(9-11-20)13-15-5-2-1-3-6-15/h1-7,12,16,19H,8-11,13-14H2. The first kappa shape index (κ1) is 18.1. The quantitative estimate of drug-likeness (QED) is 0.840. The van der Waals surface area contributed by atoms with E-state index in [4.69, 9.17) is 0 Å². The second-order valence-corrected chi connectivity index (χ2v) is 9.21. The van der Waals surface area contributed by atoms with Gasteiger partial charge in [-0.05, 0) is 42.2 Å². The molecule has 1 aromatic carbocycles. The fourth-order valence-corrected chi connectivity index (χ4v) is 5.10. The molecule has 1 aromatic heterocycles. The number of piperidine rings is 1. The van der Waals surface area contributed by atoms with Crippen LogP contribution in [0.15, 0.2) is 52.1 Å². The third-order valence-electron chi connectivity index (χ3n) is 4.51. The Morgan fingerprint density at radius 1 is 1.12 bits per heavy atom. The van der Waals surface area contributed by atoms with Crippen LogP contribution in [0, 0.1) is 5.92 Å². The molecule has 7 heteroatoms. The number of likely N-dealkylation sites (tertiary alicyclic amines) is 1. The number of nitrogens with one attached hydrogen (secondary N) is 1. The molecule has 0 unspecified atom stereocenters. The smallest absolute Gasteiger partial charge is 0.250 e. The highest BCUT2D eigenvalue weighted by atomic mass is 32.2. The van der Waals surface area contributed by atoms with Crippen molar-refractivity contribution in [1.82, 2.24) is 9.62 Å².